The van der Waals surface area contributed by atoms with Gasteiger partial charge in [0.05, 0.1) is 18.4 Å². The maximum atomic E-state index is 13.2. The summed E-state index contributed by atoms with van der Waals surface area (Å²) in [6.07, 6.45) is 10.5. The van der Waals surface area contributed by atoms with E-state index in [0.717, 1.165) is 56.6 Å². The van der Waals surface area contributed by atoms with Crippen LogP contribution in [0.1, 0.15) is 57.1 Å². The third-order valence-electron chi connectivity index (χ3n) is 10.0. The molecular weight excluding hydrogens is 402 g/mol. The minimum atomic E-state index is -0.769. The Bertz CT molecular complexity index is 1030. The molecule has 0 N–H and O–H groups in total. The van der Waals surface area contributed by atoms with Crippen molar-refractivity contribution in [2.45, 2.75) is 75.0 Å². The maximum absolute atomic E-state index is 13.2. The molecule has 4 aliphatic carbocycles. The number of Topliss-reactive ketones (excluding diaryl/α,β-unsaturated/α-hetero) is 1. The van der Waals surface area contributed by atoms with E-state index >= 15 is 0 Å². The highest BCUT2D eigenvalue weighted by atomic mass is 16.6. The van der Waals surface area contributed by atoms with Crippen molar-refractivity contribution in [3.8, 4) is 11.5 Å². The fraction of sp³-hybridized carbons (Fsp3) is 0.667. The second kappa shape index (κ2) is 6.38. The second-order valence-electron chi connectivity index (χ2n) is 10.8. The van der Waals surface area contributed by atoms with Gasteiger partial charge in [0, 0.05) is 24.1 Å². The number of fused-ring (bicyclic) bond motifs is 1. The molecule has 7 rings (SSSR count). The number of ketones is 1. The summed E-state index contributed by atoms with van der Waals surface area (Å²) in [5, 5.41) is 0. The molecule has 6 atom stereocenters. The number of hydrogen-bond acceptors (Lipinski definition) is 5. The lowest BCUT2D eigenvalue weighted by Crippen LogP contribution is -2.85. The highest BCUT2D eigenvalue weighted by molar-refractivity contribution is 5.83. The van der Waals surface area contributed by atoms with E-state index in [-0.39, 0.29) is 22.5 Å². The molecule has 5 heteroatoms. The number of methoxy groups -OCH3 is 2. The number of likely N-dealkylation sites (tertiary alicyclic amines) is 1. The van der Waals surface area contributed by atoms with Crippen LogP contribution in [0, 0.1) is 11.3 Å². The number of piperidine rings is 1. The third kappa shape index (κ3) is 1.88. The van der Waals surface area contributed by atoms with Crippen molar-refractivity contribution in [2.24, 2.45) is 11.3 Å². The quantitative estimate of drug-likeness (QED) is 0.628. The first-order valence-electron chi connectivity index (χ1n) is 12.2. The molecule has 0 radical (unpaired) electrons. The number of carbonyl (C=O) groups is 1. The van der Waals surface area contributed by atoms with Crippen molar-refractivity contribution in [2.75, 3.05) is 27.8 Å². The first-order valence-corrected chi connectivity index (χ1v) is 12.2. The minimum absolute atomic E-state index is 0.144. The highest BCUT2D eigenvalue weighted by Crippen LogP contribution is 2.79. The van der Waals surface area contributed by atoms with Gasteiger partial charge in [-0.15, -0.1) is 0 Å². The Morgan fingerprint density at radius 3 is 2.78 bits per heavy atom. The average molecular weight is 438 g/mol. The summed E-state index contributed by atoms with van der Waals surface area (Å²) in [5.41, 5.74) is 1.00. The Kier molecular flexibility index (Phi) is 4.14. The summed E-state index contributed by atoms with van der Waals surface area (Å²) >= 11 is 0. The summed E-state index contributed by atoms with van der Waals surface area (Å²) < 4.78 is 19.6. The molecule has 1 saturated carbocycles. The monoisotopic (exact) mass is 437 g/mol. The van der Waals surface area contributed by atoms with E-state index in [9.17, 15) is 4.79 Å². The summed E-state index contributed by atoms with van der Waals surface area (Å²) in [5.74, 6) is 1.71. The van der Waals surface area contributed by atoms with Crippen molar-refractivity contribution in [3.05, 3.63) is 35.4 Å². The van der Waals surface area contributed by atoms with Gasteiger partial charge in [-0.1, -0.05) is 31.6 Å². The van der Waals surface area contributed by atoms with Gasteiger partial charge in [0.2, 0.25) is 0 Å². The molecule has 2 aliphatic heterocycles. The Hall–Kier alpha value is -1.85. The Morgan fingerprint density at radius 2 is 2.09 bits per heavy atom. The molecule has 1 aromatic rings. The molecular formula is C27H35NO4. The van der Waals surface area contributed by atoms with Gasteiger partial charge in [-0.2, -0.15) is 0 Å². The fourth-order valence-electron chi connectivity index (χ4n) is 8.91. The zero-order valence-corrected chi connectivity index (χ0v) is 20.0. The normalized spacial score (nSPS) is 42.5. The maximum Gasteiger partial charge on any atom is 0.166 e. The molecule has 1 aromatic carbocycles. The van der Waals surface area contributed by atoms with E-state index < -0.39 is 11.2 Å². The van der Waals surface area contributed by atoms with E-state index in [1.807, 2.05) is 0 Å². The summed E-state index contributed by atoms with van der Waals surface area (Å²) in [6, 6.07) is 4.67. The van der Waals surface area contributed by atoms with Crippen LogP contribution in [0.4, 0.5) is 0 Å². The number of likely N-dealkylation sites (N-methyl/N-ethyl adjacent to an activating group) is 1. The fourth-order valence-corrected chi connectivity index (χ4v) is 8.91. The van der Waals surface area contributed by atoms with Crippen molar-refractivity contribution in [1.29, 1.82) is 0 Å². The number of ether oxygens (including phenoxy) is 3. The molecule has 2 fully saturated rings. The molecule has 2 spiro atoms. The molecule has 0 unspecified atom stereocenters. The Morgan fingerprint density at radius 1 is 1.28 bits per heavy atom. The van der Waals surface area contributed by atoms with Crippen molar-refractivity contribution in [3.63, 3.8) is 0 Å². The minimum Gasteiger partial charge on any atom is -0.493 e. The molecule has 32 heavy (non-hydrogen) atoms. The zero-order valence-electron chi connectivity index (χ0n) is 20.0. The van der Waals surface area contributed by atoms with Crippen LogP contribution in [0.2, 0.25) is 0 Å². The molecule has 1 saturated heterocycles. The molecule has 5 nitrogen and oxygen atoms in total. The smallest absolute Gasteiger partial charge is 0.166 e. The number of unbranched alkanes of at least 4 members (excludes halogenated alkanes) is 1. The SMILES string of the molecule is CCCC[C@@]12Oc3c(OC)ccc4c3[C@@]13CCN(C)[C@H](C4)[C@]31C=C[C@@]2(OC)[C@@H](C(C)=O)C1. The van der Waals surface area contributed by atoms with Crippen molar-refractivity contribution < 1.29 is 19.0 Å². The van der Waals surface area contributed by atoms with E-state index in [4.69, 9.17) is 14.2 Å². The van der Waals surface area contributed by atoms with E-state index in [0.29, 0.717) is 6.04 Å². The highest BCUT2D eigenvalue weighted by Gasteiger charge is 2.85. The largest absolute Gasteiger partial charge is 0.493 e. The van der Waals surface area contributed by atoms with Gasteiger partial charge in [-0.05, 0) is 64.3 Å². The summed E-state index contributed by atoms with van der Waals surface area (Å²) in [4.78, 5) is 15.8. The van der Waals surface area contributed by atoms with Gasteiger partial charge in [0.15, 0.2) is 17.1 Å². The van der Waals surface area contributed by atoms with Crippen LogP contribution in [0.15, 0.2) is 24.3 Å². The first-order chi connectivity index (χ1) is 15.4. The lowest BCUT2D eigenvalue weighted by molar-refractivity contribution is -0.265. The number of benzene rings is 1. The zero-order chi connectivity index (χ0) is 22.5. The topological polar surface area (TPSA) is 48.0 Å². The van der Waals surface area contributed by atoms with E-state index in [1.54, 1.807) is 21.1 Å². The Labute approximate surface area is 191 Å². The lowest BCUT2D eigenvalue weighted by Gasteiger charge is -2.75. The molecule has 0 amide bonds. The van der Waals surface area contributed by atoms with Crippen molar-refractivity contribution >= 4 is 5.78 Å². The standard InChI is InChI=1S/C27H35NO4/c1-6-7-10-27-25-13-14-28(3)21(15-18-8-9-20(30-4)23(32-27)22(18)25)24(25)11-12-26(27,31-5)19(16-24)17(2)29/h8-9,11-12,19,21H,6-7,10,13-16H2,1-5H3/t19-,21-,24-,25-,26-,27-/m1/s1. The predicted molar refractivity (Wildman–Crippen MR) is 122 cm³/mol. The molecule has 172 valence electrons. The van der Waals surface area contributed by atoms with Crippen LogP contribution in [-0.2, 0) is 21.4 Å². The van der Waals surface area contributed by atoms with Gasteiger partial charge in [0.1, 0.15) is 11.4 Å². The van der Waals surface area contributed by atoms with Gasteiger partial charge in [0.25, 0.3) is 0 Å². The second-order valence-corrected chi connectivity index (χ2v) is 10.8. The first kappa shape index (κ1) is 20.7. The molecule has 6 aliphatic rings. The van der Waals surface area contributed by atoms with Crippen LogP contribution in [0.5, 0.6) is 11.5 Å². The molecule has 2 heterocycles. The summed E-state index contributed by atoms with van der Waals surface area (Å²) in [7, 11) is 5.77. The van der Waals surface area contributed by atoms with Gasteiger partial charge < -0.3 is 19.1 Å². The number of rotatable bonds is 6. The van der Waals surface area contributed by atoms with Crippen molar-refractivity contribution in [1.82, 2.24) is 4.90 Å². The van der Waals surface area contributed by atoms with Crippen LogP contribution < -0.4 is 9.47 Å². The molecule has 4 bridgehead atoms. The van der Waals surface area contributed by atoms with E-state index in [1.165, 1.54) is 11.1 Å². The molecule has 0 aromatic heterocycles. The average Bonchev–Trinajstić information content (AvgIpc) is 3.12. The Balaban J connectivity index is 1.76. The summed E-state index contributed by atoms with van der Waals surface area (Å²) in [6.45, 7) is 5.00. The lowest BCUT2D eigenvalue weighted by atomic mass is 9.32. The van der Waals surface area contributed by atoms with Crippen LogP contribution >= 0.6 is 0 Å². The number of carbonyl (C=O) groups excluding carboxylic acids is 1. The predicted octanol–water partition coefficient (Wildman–Crippen LogP) is 4.06. The number of nitrogens with zero attached hydrogens (tertiary/aromatic N) is 1. The third-order valence-corrected chi connectivity index (χ3v) is 10.0. The van der Waals surface area contributed by atoms with E-state index in [2.05, 4.69) is 43.2 Å². The van der Waals surface area contributed by atoms with Crippen LogP contribution in [-0.4, -0.2) is 55.7 Å². The van der Waals surface area contributed by atoms with Crippen LogP contribution in [0.25, 0.3) is 0 Å². The van der Waals surface area contributed by atoms with Gasteiger partial charge in [-0.25, -0.2) is 0 Å². The van der Waals surface area contributed by atoms with Gasteiger partial charge in [-0.3, -0.25) is 4.79 Å². The van der Waals surface area contributed by atoms with Crippen LogP contribution in [0.3, 0.4) is 0 Å². The van der Waals surface area contributed by atoms with Gasteiger partial charge >= 0.3 is 0 Å². The number of hydrogen-bond donors (Lipinski definition) is 0.